The molecule has 0 aliphatic carbocycles. The molecule has 2 aromatic rings. The van der Waals surface area contributed by atoms with Crippen molar-refractivity contribution in [2.75, 3.05) is 5.32 Å². The summed E-state index contributed by atoms with van der Waals surface area (Å²) < 4.78 is 0. The van der Waals surface area contributed by atoms with Gasteiger partial charge in [-0.15, -0.1) is 0 Å². The lowest BCUT2D eigenvalue weighted by molar-refractivity contribution is 0.869. The van der Waals surface area contributed by atoms with E-state index in [4.69, 9.17) is 34.8 Å². The molecule has 0 amide bonds. The lowest BCUT2D eigenvalue weighted by Crippen LogP contribution is -2.00. The first-order chi connectivity index (χ1) is 8.99. The maximum Gasteiger partial charge on any atom is 0.151 e. The van der Waals surface area contributed by atoms with Gasteiger partial charge in [0, 0.05) is 5.69 Å². The Hall–Kier alpha value is -0.960. The Morgan fingerprint density at radius 3 is 2.42 bits per heavy atom. The number of aromatic nitrogens is 1. The maximum atomic E-state index is 6.12. The number of anilines is 2. The lowest BCUT2D eigenvalue weighted by Gasteiger charge is -2.15. The molecular formula is C14H13Cl3N2. The molecule has 2 nitrogen and oxygen atoms in total. The second-order valence-electron chi connectivity index (χ2n) is 4.46. The van der Waals surface area contributed by atoms with Gasteiger partial charge in [0.2, 0.25) is 0 Å². The Bertz CT molecular complexity index is 597. The van der Waals surface area contributed by atoms with E-state index in [0.717, 1.165) is 5.69 Å². The quantitative estimate of drug-likeness (QED) is 0.712. The van der Waals surface area contributed by atoms with E-state index >= 15 is 0 Å². The van der Waals surface area contributed by atoms with Crippen molar-refractivity contribution >= 4 is 46.3 Å². The molecule has 0 radical (unpaired) electrons. The minimum Gasteiger partial charge on any atom is -0.339 e. The van der Waals surface area contributed by atoms with Gasteiger partial charge in [-0.05, 0) is 23.6 Å². The van der Waals surface area contributed by atoms with Gasteiger partial charge < -0.3 is 5.32 Å². The van der Waals surface area contributed by atoms with Gasteiger partial charge >= 0.3 is 0 Å². The van der Waals surface area contributed by atoms with Crippen LogP contribution >= 0.6 is 34.8 Å². The van der Waals surface area contributed by atoms with Gasteiger partial charge in [-0.25, -0.2) is 4.98 Å². The van der Waals surface area contributed by atoms with Crippen molar-refractivity contribution in [3.05, 3.63) is 51.1 Å². The molecule has 0 saturated carbocycles. The molecule has 0 unspecified atom stereocenters. The monoisotopic (exact) mass is 314 g/mol. The number of para-hydroxylation sites is 1. The number of nitrogens with zero attached hydrogens (tertiary/aromatic N) is 1. The van der Waals surface area contributed by atoms with E-state index in [1.165, 1.54) is 5.56 Å². The number of nitrogens with one attached hydrogen (secondary N) is 1. The van der Waals surface area contributed by atoms with Crippen LogP contribution in [-0.2, 0) is 0 Å². The van der Waals surface area contributed by atoms with Gasteiger partial charge in [0.15, 0.2) is 5.82 Å². The third-order valence-electron chi connectivity index (χ3n) is 2.72. The van der Waals surface area contributed by atoms with Gasteiger partial charge in [0.05, 0.1) is 10.0 Å². The normalized spacial score (nSPS) is 10.8. The van der Waals surface area contributed by atoms with Crippen LogP contribution in [0.2, 0.25) is 15.2 Å². The molecular weight excluding hydrogens is 303 g/mol. The number of benzene rings is 1. The standard InChI is InChI=1S/C14H13Cl3N2/c1-8(2)9-5-3-4-6-12(9)18-14-11(16)7-10(15)13(17)19-14/h3-8H,1-2H3,(H,18,19). The largest absolute Gasteiger partial charge is 0.339 e. The molecule has 100 valence electrons. The fraction of sp³-hybridized carbons (Fsp3) is 0.214. The van der Waals surface area contributed by atoms with Gasteiger partial charge in [-0.1, -0.05) is 66.8 Å². The molecule has 0 atom stereocenters. The first-order valence-corrected chi connectivity index (χ1v) is 7.00. The van der Waals surface area contributed by atoms with Crippen molar-refractivity contribution in [3.63, 3.8) is 0 Å². The Labute approximate surface area is 127 Å². The summed E-state index contributed by atoms with van der Waals surface area (Å²) in [6.07, 6.45) is 0. The fourth-order valence-corrected chi connectivity index (χ4v) is 2.32. The van der Waals surface area contributed by atoms with Crippen LogP contribution in [0.25, 0.3) is 0 Å². The van der Waals surface area contributed by atoms with Gasteiger partial charge in [-0.3, -0.25) is 0 Å². The van der Waals surface area contributed by atoms with Gasteiger partial charge in [0.1, 0.15) is 5.15 Å². The van der Waals surface area contributed by atoms with E-state index in [1.807, 2.05) is 18.2 Å². The summed E-state index contributed by atoms with van der Waals surface area (Å²) in [6.45, 7) is 4.26. The summed E-state index contributed by atoms with van der Waals surface area (Å²) in [5.74, 6) is 0.898. The minimum absolute atomic E-state index is 0.232. The predicted molar refractivity (Wildman–Crippen MR) is 83.1 cm³/mol. The third kappa shape index (κ3) is 3.33. The van der Waals surface area contributed by atoms with E-state index in [2.05, 4.69) is 30.2 Å². The molecule has 0 saturated heterocycles. The van der Waals surface area contributed by atoms with Crippen molar-refractivity contribution in [1.82, 2.24) is 4.98 Å². The molecule has 2 rings (SSSR count). The van der Waals surface area contributed by atoms with Crippen LogP contribution in [0.5, 0.6) is 0 Å². The highest BCUT2D eigenvalue weighted by molar-refractivity contribution is 6.43. The zero-order chi connectivity index (χ0) is 14.0. The van der Waals surface area contributed by atoms with Crippen LogP contribution in [0.1, 0.15) is 25.3 Å². The summed E-state index contributed by atoms with van der Waals surface area (Å²) in [7, 11) is 0. The molecule has 0 fully saturated rings. The number of pyridine rings is 1. The SMILES string of the molecule is CC(C)c1ccccc1Nc1nc(Cl)c(Cl)cc1Cl. The van der Waals surface area contributed by atoms with Gasteiger partial charge in [-0.2, -0.15) is 0 Å². The topological polar surface area (TPSA) is 24.9 Å². The van der Waals surface area contributed by atoms with Crippen LogP contribution in [0.4, 0.5) is 11.5 Å². The Morgan fingerprint density at radius 2 is 1.74 bits per heavy atom. The number of rotatable bonds is 3. The van der Waals surface area contributed by atoms with E-state index in [-0.39, 0.29) is 5.15 Å². The fourth-order valence-electron chi connectivity index (χ4n) is 1.77. The van der Waals surface area contributed by atoms with E-state index < -0.39 is 0 Å². The van der Waals surface area contributed by atoms with E-state index in [1.54, 1.807) is 6.07 Å². The van der Waals surface area contributed by atoms with E-state index in [9.17, 15) is 0 Å². The average Bonchev–Trinajstić information content (AvgIpc) is 2.36. The lowest BCUT2D eigenvalue weighted by atomic mass is 10.0. The molecule has 1 N–H and O–H groups in total. The van der Waals surface area contributed by atoms with Crippen LogP contribution in [-0.4, -0.2) is 4.98 Å². The molecule has 0 spiro atoms. The zero-order valence-corrected chi connectivity index (χ0v) is 12.8. The number of hydrogen-bond donors (Lipinski definition) is 1. The zero-order valence-electron chi connectivity index (χ0n) is 10.5. The minimum atomic E-state index is 0.232. The Balaban J connectivity index is 2.39. The second kappa shape index (κ2) is 6.00. The number of halogens is 3. The predicted octanol–water partition coefficient (Wildman–Crippen LogP) is 5.91. The van der Waals surface area contributed by atoms with Crippen LogP contribution < -0.4 is 5.32 Å². The van der Waals surface area contributed by atoms with Crippen LogP contribution in [0, 0.1) is 0 Å². The Kier molecular flexibility index (Phi) is 4.56. The molecule has 1 aromatic carbocycles. The number of hydrogen-bond acceptors (Lipinski definition) is 2. The van der Waals surface area contributed by atoms with Crippen molar-refractivity contribution in [2.24, 2.45) is 0 Å². The summed E-state index contributed by atoms with van der Waals surface area (Å²) in [6, 6.07) is 9.59. The first-order valence-electron chi connectivity index (χ1n) is 5.86. The second-order valence-corrected chi connectivity index (χ2v) is 5.63. The van der Waals surface area contributed by atoms with Crippen molar-refractivity contribution < 1.29 is 0 Å². The molecule has 0 aliphatic heterocycles. The molecule has 0 aliphatic rings. The molecule has 0 bridgehead atoms. The summed E-state index contributed by atoms with van der Waals surface area (Å²) >= 11 is 17.9. The highest BCUT2D eigenvalue weighted by Gasteiger charge is 2.11. The van der Waals surface area contributed by atoms with Crippen molar-refractivity contribution in [3.8, 4) is 0 Å². The smallest absolute Gasteiger partial charge is 0.151 e. The van der Waals surface area contributed by atoms with Gasteiger partial charge in [0.25, 0.3) is 0 Å². The van der Waals surface area contributed by atoms with Crippen LogP contribution in [0.3, 0.4) is 0 Å². The van der Waals surface area contributed by atoms with Crippen molar-refractivity contribution in [1.29, 1.82) is 0 Å². The molecule has 19 heavy (non-hydrogen) atoms. The highest BCUT2D eigenvalue weighted by Crippen LogP contribution is 2.33. The molecule has 1 heterocycles. The first kappa shape index (κ1) is 14.4. The maximum absolute atomic E-state index is 6.12. The molecule has 1 aromatic heterocycles. The molecule has 5 heteroatoms. The Morgan fingerprint density at radius 1 is 1.05 bits per heavy atom. The highest BCUT2D eigenvalue weighted by atomic mass is 35.5. The average molecular weight is 316 g/mol. The summed E-state index contributed by atoms with van der Waals surface area (Å²) in [5.41, 5.74) is 2.15. The summed E-state index contributed by atoms with van der Waals surface area (Å²) in [5, 5.41) is 4.22. The van der Waals surface area contributed by atoms with Crippen LogP contribution in [0.15, 0.2) is 30.3 Å². The van der Waals surface area contributed by atoms with Crippen molar-refractivity contribution in [2.45, 2.75) is 19.8 Å². The van der Waals surface area contributed by atoms with E-state index in [0.29, 0.717) is 21.8 Å². The third-order valence-corrected chi connectivity index (χ3v) is 3.68. The summed E-state index contributed by atoms with van der Waals surface area (Å²) in [4.78, 5) is 4.16.